The Morgan fingerprint density at radius 3 is 2.65 bits per heavy atom. The van der Waals surface area contributed by atoms with Crippen LogP contribution in [0.5, 0.6) is 0 Å². The number of amides is 2. The van der Waals surface area contributed by atoms with Crippen LogP contribution in [0.1, 0.15) is 18.4 Å². The molecule has 1 aromatic rings. The lowest BCUT2D eigenvalue weighted by molar-refractivity contribution is -0.204. The number of hydroxylamine groups is 2. The fourth-order valence-corrected chi connectivity index (χ4v) is 2.08. The van der Waals surface area contributed by atoms with E-state index in [4.69, 9.17) is 15.3 Å². The smallest absolute Gasteiger partial charge is 0.405 e. The van der Waals surface area contributed by atoms with Gasteiger partial charge in [0.15, 0.2) is 6.10 Å². The molecule has 0 aromatic heterocycles. The maximum Gasteiger partial charge on any atom is 0.405 e. The van der Waals surface area contributed by atoms with Crippen LogP contribution in [0.15, 0.2) is 30.3 Å². The van der Waals surface area contributed by atoms with E-state index in [2.05, 4.69) is 0 Å². The number of nitrogens with zero attached hydrogens (tertiary/aromatic N) is 1. The standard InChI is InChI=1S/C14H18N2O4/c15-14(18)20-12(10-11-6-2-1-3-7-11)13(17)16-8-4-5-9-19-16/h1-3,6-7,12H,4-5,8-10H2,(H2,15,18)/t12-/m0/s1. The summed E-state index contributed by atoms with van der Waals surface area (Å²) in [6, 6.07) is 9.32. The molecule has 1 aliphatic rings. The van der Waals surface area contributed by atoms with Crippen molar-refractivity contribution in [3.05, 3.63) is 35.9 Å². The van der Waals surface area contributed by atoms with Crippen molar-refractivity contribution in [3.8, 4) is 0 Å². The predicted molar refractivity (Wildman–Crippen MR) is 71.5 cm³/mol. The molecule has 108 valence electrons. The molecule has 2 rings (SSSR count). The summed E-state index contributed by atoms with van der Waals surface area (Å²) in [7, 11) is 0. The molecule has 0 spiro atoms. The van der Waals surface area contributed by atoms with Crippen molar-refractivity contribution in [1.29, 1.82) is 0 Å². The number of carbonyl (C=O) groups is 2. The highest BCUT2D eigenvalue weighted by Gasteiger charge is 2.29. The minimum atomic E-state index is -0.962. The Morgan fingerprint density at radius 1 is 1.30 bits per heavy atom. The Bertz CT molecular complexity index is 458. The first-order chi connectivity index (χ1) is 9.66. The number of carbonyl (C=O) groups excluding carboxylic acids is 2. The molecule has 1 saturated heterocycles. The second-order valence-corrected chi connectivity index (χ2v) is 4.60. The molecule has 1 aliphatic heterocycles. The summed E-state index contributed by atoms with van der Waals surface area (Å²) in [5.41, 5.74) is 5.93. The zero-order chi connectivity index (χ0) is 14.4. The van der Waals surface area contributed by atoms with Crippen molar-refractivity contribution in [3.63, 3.8) is 0 Å². The second kappa shape index (κ2) is 6.91. The van der Waals surface area contributed by atoms with Gasteiger partial charge < -0.3 is 10.5 Å². The van der Waals surface area contributed by atoms with E-state index in [9.17, 15) is 9.59 Å². The van der Waals surface area contributed by atoms with Crippen molar-refractivity contribution >= 4 is 12.0 Å². The molecule has 1 atom stereocenters. The van der Waals surface area contributed by atoms with Crippen LogP contribution in [0.4, 0.5) is 4.79 Å². The van der Waals surface area contributed by atoms with Crippen LogP contribution >= 0.6 is 0 Å². The Hall–Kier alpha value is -2.08. The molecule has 1 heterocycles. The van der Waals surface area contributed by atoms with Gasteiger partial charge in [0.2, 0.25) is 0 Å². The van der Waals surface area contributed by atoms with Gasteiger partial charge in [0, 0.05) is 13.0 Å². The third kappa shape index (κ3) is 3.96. The van der Waals surface area contributed by atoms with Crippen LogP contribution in [-0.4, -0.2) is 36.3 Å². The van der Waals surface area contributed by atoms with Gasteiger partial charge >= 0.3 is 6.09 Å². The Morgan fingerprint density at radius 2 is 2.05 bits per heavy atom. The molecule has 1 aromatic carbocycles. The second-order valence-electron chi connectivity index (χ2n) is 4.60. The minimum absolute atomic E-state index is 0.280. The molecule has 1 fully saturated rings. The van der Waals surface area contributed by atoms with Crippen molar-refractivity contribution in [2.24, 2.45) is 5.73 Å². The summed E-state index contributed by atoms with van der Waals surface area (Å²) in [6.07, 6.45) is 0.163. The van der Waals surface area contributed by atoms with E-state index in [0.29, 0.717) is 13.2 Å². The van der Waals surface area contributed by atoms with E-state index < -0.39 is 12.2 Å². The maximum atomic E-state index is 12.3. The van der Waals surface area contributed by atoms with Gasteiger partial charge in [-0.25, -0.2) is 9.86 Å². The third-order valence-corrected chi connectivity index (χ3v) is 3.05. The lowest BCUT2D eigenvalue weighted by Gasteiger charge is -2.29. The monoisotopic (exact) mass is 278 g/mol. The van der Waals surface area contributed by atoms with E-state index in [1.165, 1.54) is 5.06 Å². The molecule has 0 unspecified atom stereocenters. The normalized spacial score (nSPS) is 16.5. The molecule has 2 amide bonds. The van der Waals surface area contributed by atoms with Gasteiger partial charge in [0.1, 0.15) is 0 Å². The number of nitrogens with two attached hydrogens (primary N) is 1. The van der Waals surface area contributed by atoms with Gasteiger partial charge in [-0.1, -0.05) is 30.3 Å². The van der Waals surface area contributed by atoms with E-state index in [0.717, 1.165) is 18.4 Å². The first-order valence-corrected chi connectivity index (χ1v) is 6.61. The highest BCUT2D eigenvalue weighted by molar-refractivity contribution is 5.82. The summed E-state index contributed by atoms with van der Waals surface area (Å²) in [4.78, 5) is 28.6. The summed E-state index contributed by atoms with van der Waals surface area (Å²) in [6.45, 7) is 1.01. The van der Waals surface area contributed by atoms with Crippen molar-refractivity contribution in [2.75, 3.05) is 13.2 Å². The van der Waals surface area contributed by atoms with Crippen LogP contribution in [-0.2, 0) is 20.8 Å². The van der Waals surface area contributed by atoms with Crippen LogP contribution in [0.2, 0.25) is 0 Å². The number of hydrogen-bond acceptors (Lipinski definition) is 4. The summed E-state index contributed by atoms with van der Waals surface area (Å²) < 4.78 is 4.94. The number of primary amides is 1. The van der Waals surface area contributed by atoms with E-state index in [-0.39, 0.29) is 12.3 Å². The van der Waals surface area contributed by atoms with Crippen LogP contribution in [0.25, 0.3) is 0 Å². The molecule has 6 heteroatoms. The van der Waals surface area contributed by atoms with Gasteiger partial charge in [0.25, 0.3) is 5.91 Å². The van der Waals surface area contributed by atoms with Crippen molar-refractivity contribution < 1.29 is 19.2 Å². The molecule has 2 N–H and O–H groups in total. The third-order valence-electron chi connectivity index (χ3n) is 3.05. The highest BCUT2D eigenvalue weighted by Crippen LogP contribution is 2.13. The molecule has 20 heavy (non-hydrogen) atoms. The number of hydrogen-bond donors (Lipinski definition) is 1. The Labute approximate surface area is 117 Å². The first kappa shape index (κ1) is 14.3. The average molecular weight is 278 g/mol. The zero-order valence-electron chi connectivity index (χ0n) is 11.2. The molecule has 0 aliphatic carbocycles. The molecule has 0 radical (unpaired) electrons. The summed E-state index contributed by atoms with van der Waals surface area (Å²) in [5, 5.41) is 1.26. The van der Waals surface area contributed by atoms with E-state index in [1.807, 2.05) is 30.3 Å². The minimum Gasteiger partial charge on any atom is -0.436 e. The van der Waals surface area contributed by atoms with Crippen LogP contribution in [0, 0.1) is 0 Å². The predicted octanol–water partition coefficient (Wildman–Crippen LogP) is 1.25. The highest BCUT2D eigenvalue weighted by atomic mass is 16.7. The Balaban J connectivity index is 2.05. The van der Waals surface area contributed by atoms with Gasteiger partial charge in [-0.05, 0) is 18.4 Å². The molecular formula is C14H18N2O4. The fraction of sp³-hybridized carbons (Fsp3) is 0.429. The van der Waals surface area contributed by atoms with Gasteiger partial charge in [0.05, 0.1) is 6.61 Å². The number of rotatable bonds is 4. The quantitative estimate of drug-likeness (QED) is 0.898. The summed E-state index contributed by atoms with van der Waals surface area (Å²) >= 11 is 0. The van der Waals surface area contributed by atoms with Crippen molar-refractivity contribution in [1.82, 2.24) is 5.06 Å². The fourth-order valence-electron chi connectivity index (χ4n) is 2.08. The van der Waals surface area contributed by atoms with Crippen LogP contribution < -0.4 is 5.73 Å². The average Bonchev–Trinajstić information content (AvgIpc) is 2.47. The maximum absolute atomic E-state index is 12.3. The number of ether oxygens (including phenoxy) is 1. The van der Waals surface area contributed by atoms with Gasteiger partial charge in [-0.15, -0.1) is 0 Å². The van der Waals surface area contributed by atoms with Gasteiger partial charge in [-0.3, -0.25) is 9.63 Å². The van der Waals surface area contributed by atoms with Crippen LogP contribution in [0.3, 0.4) is 0 Å². The topological polar surface area (TPSA) is 81.9 Å². The molecule has 6 nitrogen and oxygen atoms in total. The molecule has 0 bridgehead atoms. The summed E-state index contributed by atoms with van der Waals surface area (Å²) in [5.74, 6) is -0.368. The molecule has 0 saturated carbocycles. The number of benzene rings is 1. The first-order valence-electron chi connectivity index (χ1n) is 6.61. The Kier molecular flexibility index (Phi) is 4.95. The zero-order valence-corrected chi connectivity index (χ0v) is 11.2. The lowest BCUT2D eigenvalue weighted by Crippen LogP contribution is -2.45. The molecular weight excluding hydrogens is 260 g/mol. The SMILES string of the molecule is NC(=O)O[C@@H](Cc1ccccc1)C(=O)N1CCCCO1. The van der Waals surface area contributed by atoms with E-state index in [1.54, 1.807) is 0 Å². The van der Waals surface area contributed by atoms with E-state index >= 15 is 0 Å². The lowest BCUT2D eigenvalue weighted by atomic mass is 10.1. The largest absolute Gasteiger partial charge is 0.436 e. The van der Waals surface area contributed by atoms with Gasteiger partial charge in [-0.2, -0.15) is 0 Å². The van der Waals surface area contributed by atoms with Crippen molar-refractivity contribution in [2.45, 2.75) is 25.4 Å².